The van der Waals surface area contributed by atoms with E-state index in [2.05, 4.69) is 10.4 Å². The molecule has 28 heavy (non-hydrogen) atoms. The maximum atomic E-state index is 12.8. The predicted octanol–water partition coefficient (Wildman–Crippen LogP) is 3.09. The van der Waals surface area contributed by atoms with Crippen molar-refractivity contribution in [2.75, 3.05) is 30.5 Å². The number of rotatable bonds is 5. The normalized spacial score (nSPS) is 13.3. The van der Waals surface area contributed by atoms with Gasteiger partial charge in [0.15, 0.2) is 11.4 Å². The number of cyclic esters (lactones) is 1. The first-order valence-corrected chi connectivity index (χ1v) is 8.70. The summed E-state index contributed by atoms with van der Waals surface area (Å²) in [4.78, 5) is 26.0. The Bertz CT molecular complexity index is 1020. The zero-order chi connectivity index (χ0) is 19.5. The summed E-state index contributed by atoms with van der Waals surface area (Å²) in [6, 6.07) is 16.4. The molecule has 0 bridgehead atoms. The summed E-state index contributed by atoms with van der Waals surface area (Å²) < 4.78 is 11.9. The summed E-state index contributed by atoms with van der Waals surface area (Å²) >= 11 is 0. The summed E-state index contributed by atoms with van der Waals surface area (Å²) in [5, 5.41) is 7.16. The van der Waals surface area contributed by atoms with E-state index in [-0.39, 0.29) is 5.69 Å². The van der Waals surface area contributed by atoms with Gasteiger partial charge in [-0.25, -0.2) is 9.48 Å². The molecule has 1 aliphatic rings. The first kappa shape index (κ1) is 17.6. The van der Waals surface area contributed by atoms with Gasteiger partial charge in [-0.15, -0.1) is 0 Å². The first-order valence-electron chi connectivity index (χ1n) is 8.70. The molecule has 0 spiro atoms. The number of aromatic nitrogens is 2. The number of hydrogen-bond acceptors (Lipinski definition) is 5. The van der Waals surface area contributed by atoms with Crippen molar-refractivity contribution in [2.45, 2.75) is 0 Å². The number of para-hydroxylation sites is 1. The molecule has 8 heteroatoms. The Morgan fingerprint density at radius 1 is 1.14 bits per heavy atom. The average molecular weight is 378 g/mol. The van der Waals surface area contributed by atoms with E-state index in [1.165, 1.54) is 12.0 Å². The van der Waals surface area contributed by atoms with Crippen LogP contribution in [0.25, 0.3) is 5.69 Å². The van der Waals surface area contributed by atoms with Gasteiger partial charge in [0.25, 0.3) is 5.91 Å². The molecule has 0 radical (unpaired) electrons. The van der Waals surface area contributed by atoms with Crippen LogP contribution in [-0.4, -0.2) is 42.0 Å². The largest absolute Gasteiger partial charge is 0.493 e. The maximum absolute atomic E-state index is 12.8. The molecule has 0 saturated carbocycles. The molecule has 1 aromatic heterocycles. The molecule has 1 fully saturated rings. The number of carbonyl (C=O) groups excluding carboxylic acids is 2. The number of amides is 2. The Kier molecular flexibility index (Phi) is 4.67. The Labute approximate surface area is 161 Å². The van der Waals surface area contributed by atoms with E-state index in [1.54, 1.807) is 35.1 Å². The van der Waals surface area contributed by atoms with Crippen molar-refractivity contribution in [3.63, 3.8) is 0 Å². The van der Waals surface area contributed by atoms with Crippen LogP contribution in [0.4, 0.5) is 16.2 Å². The first-order chi connectivity index (χ1) is 13.7. The van der Waals surface area contributed by atoms with Gasteiger partial charge in [-0.2, -0.15) is 5.10 Å². The molecule has 1 saturated heterocycles. The lowest BCUT2D eigenvalue weighted by Crippen LogP contribution is -2.23. The van der Waals surface area contributed by atoms with E-state index >= 15 is 0 Å². The van der Waals surface area contributed by atoms with Crippen LogP contribution in [0.1, 0.15) is 10.5 Å². The monoisotopic (exact) mass is 378 g/mol. The Morgan fingerprint density at radius 3 is 2.64 bits per heavy atom. The number of anilines is 2. The van der Waals surface area contributed by atoms with Gasteiger partial charge in [-0.3, -0.25) is 9.69 Å². The number of carbonyl (C=O) groups is 2. The van der Waals surface area contributed by atoms with E-state index in [9.17, 15) is 9.59 Å². The highest BCUT2D eigenvalue weighted by molar-refractivity contribution is 6.05. The van der Waals surface area contributed by atoms with E-state index in [0.717, 1.165) is 5.69 Å². The highest BCUT2D eigenvalue weighted by Gasteiger charge is 2.24. The van der Waals surface area contributed by atoms with Crippen LogP contribution in [0.15, 0.2) is 60.8 Å². The van der Waals surface area contributed by atoms with Crippen molar-refractivity contribution >= 4 is 23.4 Å². The number of nitrogens with one attached hydrogen (secondary N) is 1. The van der Waals surface area contributed by atoms with Gasteiger partial charge in [0.2, 0.25) is 0 Å². The number of benzene rings is 2. The SMILES string of the molecule is COc1cn(-c2ccccc2)nc1C(=O)Nc1cccc(N2CCOC2=O)c1. The smallest absolute Gasteiger partial charge is 0.414 e. The fraction of sp³-hybridized carbons (Fsp3) is 0.150. The number of hydrogen-bond donors (Lipinski definition) is 1. The highest BCUT2D eigenvalue weighted by atomic mass is 16.6. The third kappa shape index (κ3) is 3.39. The van der Waals surface area contributed by atoms with E-state index in [0.29, 0.717) is 30.3 Å². The number of nitrogens with zero attached hydrogens (tertiary/aromatic N) is 3. The van der Waals surface area contributed by atoms with Crippen molar-refractivity contribution in [3.05, 3.63) is 66.5 Å². The summed E-state index contributed by atoms with van der Waals surface area (Å²) in [6.45, 7) is 0.828. The van der Waals surface area contributed by atoms with Crippen LogP contribution in [0, 0.1) is 0 Å². The molecule has 2 amide bonds. The van der Waals surface area contributed by atoms with Crippen molar-refractivity contribution in [2.24, 2.45) is 0 Å². The van der Waals surface area contributed by atoms with E-state index in [1.807, 2.05) is 30.3 Å². The molecule has 0 unspecified atom stereocenters. The third-order valence-electron chi connectivity index (χ3n) is 4.31. The van der Waals surface area contributed by atoms with Crippen molar-refractivity contribution in [1.82, 2.24) is 9.78 Å². The molecule has 2 aromatic carbocycles. The van der Waals surface area contributed by atoms with Gasteiger partial charge in [-0.1, -0.05) is 24.3 Å². The van der Waals surface area contributed by atoms with Crippen molar-refractivity contribution in [3.8, 4) is 11.4 Å². The second kappa shape index (κ2) is 7.43. The zero-order valence-electron chi connectivity index (χ0n) is 15.2. The maximum Gasteiger partial charge on any atom is 0.414 e. The molecule has 0 atom stereocenters. The molecule has 1 aliphatic heterocycles. The van der Waals surface area contributed by atoms with E-state index < -0.39 is 12.0 Å². The molecular formula is C20H18N4O4. The molecule has 1 N–H and O–H groups in total. The third-order valence-corrected chi connectivity index (χ3v) is 4.31. The van der Waals surface area contributed by atoms with E-state index in [4.69, 9.17) is 9.47 Å². The fourth-order valence-corrected chi connectivity index (χ4v) is 2.95. The molecule has 142 valence electrons. The van der Waals surface area contributed by atoms with Gasteiger partial charge in [0.1, 0.15) is 6.61 Å². The summed E-state index contributed by atoms with van der Waals surface area (Å²) in [6.07, 6.45) is 1.26. The lowest BCUT2D eigenvalue weighted by Gasteiger charge is -2.14. The lowest BCUT2D eigenvalue weighted by atomic mass is 10.2. The molecule has 4 rings (SSSR count). The van der Waals surface area contributed by atoms with Gasteiger partial charge in [0.05, 0.1) is 25.5 Å². The summed E-state index contributed by atoms with van der Waals surface area (Å²) in [5.41, 5.74) is 2.17. The Balaban J connectivity index is 1.57. The summed E-state index contributed by atoms with van der Waals surface area (Å²) in [7, 11) is 1.49. The fourth-order valence-electron chi connectivity index (χ4n) is 2.95. The zero-order valence-corrected chi connectivity index (χ0v) is 15.2. The second-order valence-corrected chi connectivity index (χ2v) is 6.10. The number of ether oxygens (including phenoxy) is 2. The molecular weight excluding hydrogens is 360 g/mol. The highest BCUT2D eigenvalue weighted by Crippen LogP contribution is 2.24. The van der Waals surface area contributed by atoms with Gasteiger partial charge in [-0.05, 0) is 30.3 Å². The Morgan fingerprint density at radius 2 is 1.93 bits per heavy atom. The standard InChI is InChI=1S/C20H18N4O4/c1-27-17-13-24(15-7-3-2-4-8-15)22-18(17)19(25)21-14-6-5-9-16(12-14)23-10-11-28-20(23)26/h2-9,12-13H,10-11H2,1H3,(H,21,25). The topological polar surface area (TPSA) is 85.7 Å². The average Bonchev–Trinajstić information content (AvgIpc) is 3.35. The minimum absolute atomic E-state index is 0.164. The quantitative estimate of drug-likeness (QED) is 0.737. The second-order valence-electron chi connectivity index (χ2n) is 6.10. The van der Waals surface area contributed by atoms with Crippen molar-refractivity contribution in [1.29, 1.82) is 0 Å². The van der Waals surface area contributed by atoms with Gasteiger partial charge < -0.3 is 14.8 Å². The molecule has 0 aliphatic carbocycles. The molecule has 8 nitrogen and oxygen atoms in total. The predicted molar refractivity (Wildman–Crippen MR) is 103 cm³/mol. The Hall–Kier alpha value is -3.81. The van der Waals surface area contributed by atoms with Crippen molar-refractivity contribution < 1.29 is 19.1 Å². The molecule has 2 heterocycles. The van der Waals surface area contributed by atoms with Gasteiger partial charge in [0, 0.05) is 11.4 Å². The minimum atomic E-state index is -0.410. The number of methoxy groups -OCH3 is 1. The summed E-state index contributed by atoms with van der Waals surface area (Å²) in [5.74, 6) is -0.0479. The van der Waals surface area contributed by atoms with Crippen LogP contribution < -0.4 is 15.0 Å². The molecule has 3 aromatic rings. The van der Waals surface area contributed by atoms with Crippen LogP contribution in [-0.2, 0) is 4.74 Å². The van der Waals surface area contributed by atoms with Crippen LogP contribution in [0.2, 0.25) is 0 Å². The van der Waals surface area contributed by atoms with Crippen LogP contribution >= 0.6 is 0 Å². The lowest BCUT2D eigenvalue weighted by molar-refractivity contribution is 0.101. The van der Waals surface area contributed by atoms with Crippen LogP contribution in [0.3, 0.4) is 0 Å². The minimum Gasteiger partial charge on any atom is -0.493 e. The van der Waals surface area contributed by atoms with Gasteiger partial charge >= 0.3 is 6.09 Å². The van der Waals surface area contributed by atoms with Crippen LogP contribution in [0.5, 0.6) is 5.75 Å².